The molecule has 22 heavy (non-hydrogen) atoms. The molecule has 2 aliphatic carbocycles. The van der Waals surface area contributed by atoms with E-state index < -0.39 is 0 Å². The van der Waals surface area contributed by atoms with E-state index in [1.54, 1.807) is 0 Å². The summed E-state index contributed by atoms with van der Waals surface area (Å²) in [5, 5.41) is 0. The van der Waals surface area contributed by atoms with Crippen LogP contribution in [0.1, 0.15) is 66.2 Å². The predicted octanol–water partition coefficient (Wildman–Crippen LogP) is 1.95. The molecule has 0 bridgehead atoms. The van der Waals surface area contributed by atoms with Crippen molar-refractivity contribution in [1.29, 1.82) is 0 Å². The second kappa shape index (κ2) is 6.39. The summed E-state index contributed by atoms with van der Waals surface area (Å²) in [5.74, 6) is 2.00. The van der Waals surface area contributed by atoms with E-state index in [0.717, 1.165) is 38.5 Å². The molecule has 130 valence electrons. The zero-order chi connectivity index (χ0) is 16.7. The minimum atomic E-state index is -0.354. The van der Waals surface area contributed by atoms with E-state index in [0.29, 0.717) is 35.8 Å². The van der Waals surface area contributed by atoms with Crippen LogP contribution in [0.5, 0.6) is 0 Å². The molecular formula is C18H38N4. The Hall–Kier alpha value is -0.160. The minimum Gasteiger partial charge on any atom is -0.327 e. The molecule has 8 unspecified atom stereocenters. The number of hydrogen-bond acceptors (Lipinski definition) is 4. The first-order chi connectivity index (χ1) is 10.1. The van der Waals surface area contributed by atoms with Gasteiger partial charge >= 0.3 is 0 Å². The van der Waals surface area contributed by atoms with Crippen LogP contribution in [0.4, 0.5) is 0 Å². The van der Waals surface area contributed by atoms with Gasteiger partial charge in [-0.05, 0) is 76.0 Å². The fourth-order valence-electron chi connectivity index (χ4n) is 4.81. The second-order valence-corrected chi connectivity index (χ2v) is 8.87. The fraction of sp³-hybridized carbons (Fsp3) is 1.00. The summed E-state index contributed by atoms with van der Waals surface area (Å²) in [7, 11) is 0. The molecule has 0 aliphatic heterocycles. The van der Waals surface area contributed by atoms with Crippen LogP contribution in [0.2, 0.25) is 0 Å². The third kappa shape index (κ3) is 3.21. The van der Waals surface area contributed by atoms with Crippen LogP contribution in [-0.4, -0.2) is 23.2 Å². The van der Waals surface area contributed by atoms with Gasteiger partial charge in [0.15, 0.2) is 0 Å². The molecule has 2 rings (SSSR count). The van der Waals surface area contributed by atoms with Gasteiger partial charge in [0, 0.05) is 23.2 Å². The van der Waals surface area contributed by atoms with Crippen molar-refractivity contribution in [1.82, 2.24) is 0 Å². The molecule has 8 N–H and O–H groups in total. The predicted molar refractivity (Wildman–Crippen MR) is 94.1 cm³/mol. The van der Waals surface area contributed by atoms with Crippen LogP contribution < -0.4 is 22.9 Å². The highest BCUT2D eigenvalue weighted by atomic mass is 14.9. The van der Waals surface area contributed by atoms with Crippen molar-refractivity contribution in [3.63, 3.8) is 0 Å². The van der Waals surface area contributed by atoms with Gasteiger partial charge in [-0.2, -0.15) is 0 Å². The summed E-state index contributed by atoms with van der Waals surface area (Å²) >= 11 is 0. The molecule has 0 aromatic heterocycles. The van der Waals surface area contributed by atoms with Gasteiger partial charge in [0.2, 0.25) is 0 Å². The molecule has 0 aromatic carbocycles. The van der Waals surface area contributed by atoms with Gasteiger partial charge in [-0.25, -0.2) is 0 Å². The number of hydrogen-bond donors (Lipinski definition) is 4. The molecule has 8 atom stereocenters. The summed E-state index contributed by atoms with van der Waals surface area (Å²) < 4.78 is 0. The third-order valence-corrected chi connectivity index (χ3v) is 7.33. The lowest BCUT2D eigenvalue weighted by atomic mass is 9.57. The lowest BCUT2D eigenvalue weighted by Gasteiger charge is -2.54. The average molecular weight is 311 g/mol. The highest BCUT2D eigenvalue weighted by molar-refractivity contribution is 5.11. The van der Waals surface area contributed by atoms with Crippen LogP contribution in [0.25, 0.3) is 0 Å². The van der Waals surface area contributed by atoms with Crippen LogP contribution in [0, 0.1) is 23.7 Å². The van der Waals surface area contributed by atoms with Crippen molar-refractivity contribution in [2.24, 2.45) is 46.6 Å². The Bertz CT molecular complexity index is 343. The zero-order valence-corrected chi connectivity index (χ0v) is 15.0. The van der Waals surface area contributed by atoms with Gasteiger partial charge in [0.25, 0.3) is 0 Å². The van der Waals surface area contributed by atoms with Crippen molar-refractivity contribution in [2.45, 2.75) is 89.4 Å². The molecule has 0 radical (unpaired) electrons. The van der Waals surface area contributed by atoms with Gasteiger partial charge in [0.05, 0.1) is 0 Å². The van der Waals surface area contributed by atoms with Gasteiger partial charge in [-0.15, -0.1) is 0 Å². The minimum absolute atomic E-state index is 0.323. The van der Waals surface area contributed by atoms with Gasteiger partial charge < -0.3 is 22.9 Å². The SMILES string of the molecule is CC1CC(C(C)(N)C(C)(N)C2CCC(N)C(C)C2)CCC1N. The monoisotopic (exact) mass is 310 g/mol. The van der Waals surface area contributed by atoms with Gasteiger partial charge in [-0.1, -0.05) is 13.8 Å². The quantitative estimate of drug-likeness (QED) is 0.639. The standard InChI is InChI=1S/C18H38N4/c1-11-9-13(5-7-15(11)19)17(3,21)18(4,22)14-6-8-16(20)12(2)10-14/h11-16H,5-10,19-22H2,1-4H3. The number of rotatable bonds is 3. The van der Waals surface area contributed by atoms with E-state index in [-0.39, 0.29) is 11.1 Å². The van der Waals surface area contributed by atoms with E-state index in [9.17, 15) is 0 Å². The van der Waals surface area contributed by atoms with E-state index in [4.69, 9.17) is 22.9 Å². The Morgan fingerprint density at radius 2 is 1.00 bits per heavy atom. The first kappa shape index (κ1) is 18.2. The molecule has 0 heterocycles. The maximum atomic E-state index is 6.89. The number of nitrogens with two attached hydrogens (primary N) is 4. The Labute approximate surface area is 136 Å². The first-order valence-corrected chi connectivity index (χ1v) is 9.16. The summed E-state index contributed by atoms with van der Waals surface area (Å²) in [4.78, 5) is 0. The highest BCUT2D eigenvalue weighted by Gasteiger charge is 2.51. The highest BCUT2D eigenvalue weighted by Crippen LogP contribution is 2.45. The summed E-state index contributed by atoms with van der Waals surface area (Å²) in [6.45, 7) is 8.87. The molecule has 0 spiro atoms. The van der Waals surface area contributed by atoms with Gasteiger partial charge in [-0.3, -0.25) is 0 Å². The second-order valence-electron chi connectivity index (χ2n) is 8.87. The maximum Gasteiger partial charge on any atom is 0.0336 e. The van der Waals surface area contributed by atoms with E-state index in [1.165, 1.54) is 0 Å². The molecule has 0 amide bonds. The fourth-order valence-corrected chi connectivity index (χ4v) is 4.81. The lowest BCUT2D eigenvalue weighted by Crippen LogP contribution is -2.70. The van der Waals surface area contributed by atoms with Crippen molar-refractivity contribution in [2.75, 3.05) is 0 Å². The third-order valence-electron chi connectivity index (χ3n) is 7.33. The van der Waals surface area contributed by atoms with Crippen molar-refractivity contribution >= 4 is 0 Å². The van der Waals surface area contributed by atoms with E-state index in [1.807, 2.05) is 0 Å². The van der Waals surface area contributed by atoms with Crippen molar-refractivity contribution < 1.29 is 0 Å². The Morgan fingerprint density at radius 3 is 1.27 bits per heavy atom. The topological polar surface area (TPSA) is 104 Å². The van der Waals surface area contributed by atoms with Crippen molar-refractivity contribution in [3.05, 3.63) is 0 Å². The summed E-state index contributed by atoms with van der Waals surface area (Å²) in [6.07, 6.45) is 6.55. The Morgan fingerprint density at radius 1 is 0.682 bits per heavy atom. The molecule has 4 heteroatoms. The first-order valence-electron chi connectivity index (χ1n) is 9.16. The largest absolute Gasteiger partial charge is 0.327 e. The zero-order valence-electron chi connectivity index (χ0n) is 15.0. The summed E-state index contributed by atoms with van der Waals surface area (Å²) in [6, 6.07) is 0.646. The van der Waals surface area contributed by atoms with E-state index in [2.05, 4.69) is 27.7 Å². The Kier molecular flexibility index (Phi) is 5.28. The van der Waals surface area contributed by atoms with Crippen LogP contribution in [0.3, 0.4) is 0 Å². The normalized spacial score (nSPS) is 45.8. The smallest absolute Gasteiger partial charge is 0.0336 e. The molecule has 0 saturated heterocycles. The van der Waals surface area contributed by atoms with Crippen LogP contribution >= 0.6 is 0 Å². The van der Waals surface area contributed by atoms with Crippen LogP contribution in [-0.2, 0) is 0 Å². The Balaban J connectivity index is 2.12. The lowest BCUT2D eigenvalue weighted by molar-refractivity contribution is 0.0450. The molecule has 2 aliphatic rings. The average Bonchev–Trinajstić information content (AvgIpc) is 2.44. The maximum absolute atomic E-state index is 6.89. The molecule has 2 fully saturated rings. The van der Waals surface area contributed by atoms with Crippen molar-refractivity contribution in [3.8, 4) is 0 Å². The molecule has 0 aromatic rings. The summed E-state index contributed by atoms with van der Waals surface area (Å²) in [5.41, 5.74) is 25.4. The van der Waals surface area contributed by atoms with E-state index >= 15 is 0 Å². The molecule has 4 nitrogen and oxygen atoms in total. The van der Waals surface area contributed by atoms with Crippen LogP contribution in [0.15, 0.2) is 0 Å². The molecule has 2 saturated carbocycles. The van der Waals surface area contributed by atoms with Gasteiger partial charge in [0.1, 0.15) is 0 Å². The molecular weight excluding hydrogens is 272 g/mol.